The number of rotatable bonds is 0. The Morgan fingerprint density at radius 2 is 1.89 bits per heavy atom. The number of aliphatic hydroxyl groups excluding tert-OH is 1. The lowest BCUT2D eigenvalue weighted by Gasteiger charge is -2.23. The Hall–Kier alpha value is -2.20. The Bertz CT molecular complexity index is 637. The van der Waals surface area contributed by atoms with Crippen LogP contribution < -0.4 is 0 Å². The molecule has 0 saturated carbocycles. The highest BCUT2D eigenvalue weighted by atomic mass is 16.3. The minimum Gasteiger partial charge on any atom is -0.508 e. The van der Waals surface area contributed by atoms with Crippen molar-refractivity contribution in [2.45, 2.75) is 12.5 Å². The monoisotopic (exact) mass is 242 g/mol. The minimum atomic E-state index is -0.723. The predicted molar refractivity (Wildman–Crippen MR) is 63.6 cm³/mol. The molecule has 3 rings (SSSR count). The molecule has 0 heterocycles. The topological polar surface area (TPSA) is 74.6 Å². The van der Waals surface area contributed by atoms with E-state index < -0.39 is 6.10 Å². The maximum Gasteiger partial charge on any atom is 0.194 e. The van der Waals surface area contributed by atoms with Crippen molar-refractivity contribution in [1.29, 1.82) is 0 Å². The van der Waals surface area contributed by atoms with Crippen LogP contribution in [0.1, 0.15) is 27.1 Å². The van der Waals surface area contributed by atoms with Gasteiger partial charge in [-0.3, -0.25) is 9.59 Å². The minimum absolute atomic E-state index is 0.0428. The third-order valence-corrected chi connectivity index (χ3v) is 3.23. The first-order chi connectivity index (χ1) is 8.58. The summed E-state index contributed by atoms with van der Waals surface area (Å²) in [7, 11) is 0. The van der Waals surface area contributed by atoms with E-state index in [4.69, 9.17) is 0 Å². The molecule has 0 spiro atoms. The van der Waals surface area contributed by atoms with E-state index >= 15 is 0 Å². The summed E-state index contributed by atoms with van der Waals surface area (Å²) in [5, 5.41) is 18.9. The van der Waals surface area contributed by atoms with Crippen molar-refractivity contribution in [3.05, 3.63) is 52.6 Å². The first-order valence-electron chi connectivity index (χ1n) is 5.60. The Labute approximate surface area is 103 Å². The molecule has 0 aliphatic heterocycles. The molecule has 1 unspecified atom stereocenters. The largest absolute Gasteiger partial charge is 0.508 e. The van der Waals surface area contributed by atoms with Crippen molar-refractivity contribution >= 4 is 11.6 Å². The zero-order chi connectivity index (χ0) is 12.9. The summed E-state index contributed by atoms with van der Waals surface area (Å²) in [5.74, 6) is -0.569. The maximum absolute atomic E-state index is 12.2. The fourth-order valence-corrected chi connectivity index (χ4v) is 2.35. The van der Waals surface area contributed by atoms with E-state index in [2.05, 4.69) is 0 Å². The number of hydrogen-bond donors (Lipinski definition) is 2. The zero-order valence-electron chi connectivity index (χ0n) is 9.38. The number of phenolic OH excluding ortho intramolecular Hbond substituents is 1. The van der Waals surface area contributed by atoms with E-state index in [1.54, 1.807) is 0 Å². The first-order valence-corrected chi connectivity index (χ1v) is 5.60. The second-order valence-electron chi connectivity index (χ2n) is 4.41. The quantitative estimate of drug-likeness (QED) is 0.721. The normalized spacial score (nSPS) is 21.9. The van der Waals surface area contributed by atoms with Crippen LogP contribution in [0, 0.1) is 0 Å². The number of hydrogen-bond acceptors (Lipinski definition) is 4. The number of aromatic hydroxyl groups is 1. The second kappa shape index (κ2) is 3.65. The van der Waals surface area contributed by atoms with Gasteiger partial charge >= 0.3 is 0 Å². The van der Waals surface area contributed by atoms with Crippen LogP contribution in [0.15, 0.2) is 41.5 Å². The van der Waals surface area contributed by atoms with Crippen molar-refractivity contribution in [3.63, 3.8) is 0 Å². The van der Waals surface area contributed by atoms with E-state index in [1.807, 2.05) is 0 Å². The van der Waals surface area contributed by atoms with Gasteiger partial charge in [0.1, 0.15) is 5.75 Å². The van der Waals surface area contributed by atoms with Crippen LogP contribution >= 0.6 is 0 Å². The molecule has 1 aromatic carbocycles. The molecular formula is C14H10O4. The summed E-state index contributed by atoms with van der Waals surface area (Å²) in [4.78, 5) is 24.4. The molecule has 1 aromatic rings. The Morgan fingerprint density at radius 3 is 2.67 bits per heavy atom. The number of fused-ring (bicyclic) bond motifs is 1. The van der Waals surface area contributed by atoms with Gasteiger partial charge in [0.2, 0.25) is 0 Å². The van der Waals surface area contributed by atoms with Gasteiger partial charge in [0.05, 0.1) is 6.10 Å². The molecule has 4 heteroatoms. The van der Waals surface area contributed by atoms with Crippen LogP contribution in [-0.4, -0.2) is 27.9 Å². The van der Waals surface area contributed by atoms with Gasteiger partial charge in [-0.25, -0.2) is 0 Å². The molecular weight excluding hydrogens is 232 g/mol. The predicted octanol–water partition coefficient (Wildman–Crippen LogP) is 1.39. The van der Waals surface area contributed by atoms with Gasteiger partial charge in [0.15, 0.2) is 11.6 Å². The molecule has 18 heavy (non-hydrogen) atoms. The number of benzene rings is 1. The maximum atomic E-state index is 12.2. The van der Waals surface area contributed by atoms with E-state index in [0.29, 0.717) is 16.7 Å². The van der Waals surface area contributed by atoms with Gasteiger partial charge in [0.25, 0.3) is 0 Å². The molecule has 2 aliphatic carbocycles. The number of Topliss-reactive ketones (excluding diaryl/α,β-unsaturated/α-hetero) is 2. The van der Waals surface area contributed by atoms with E-state index in [1.165, 1.54) is 30.4 Å². The van der Waals surface area contributed by atoms with Gasteiger partial charge in [-0.1, -0.05) is 12.2 Å². The summed E-state index contributed by atoms with van der Waals surface area (Å²) in [6.45, 7) is 0. The van der Waals surface area contributed by atoms with Crippen LogP contribution in [0.4, 0.5) is 0 Å². The summed E-state index contributed by atoms with van der Waals surface area (Å²) in [6, 6.07) is 4.13. The number of phenols is 1. The van der Waals surface area contributed by atoms with E-state index in [-0.39, 0.29) is 29.3 Å². The molecule has 0 bridgehead atoms. The highest BCUT2D eigenvalue weighted by Crippen LogP contribution is 2.33. The fraction of sp³-hybridized carbons (Fsp3) is 0.143. The summed E-state index contributed by atoms with van der Waals surface area (Å²) >= 11 is 0. The smallest absolute Gasteiger partial charge is 0.194 e. The summed E-state index contributed by atoms with van der Waals surface area (Å²) in [6.07, 6.45) is 2.42. The number of aliphatic hydroxyl groups is 1. The standard InChI is InChI=1S/C14H10O4/c15-7-1-3-9-11(5-7)14(18)10-4-2-8(16)6-12(10)13(9)17/h1-5,8,15-16H,6H2. The Kier molecular flexibility index (Phi) is 2.21. The first kappa shape index (κ1) is 10.9. The number of allylic oxidation sites excluding steroid dienone is 2. The fourth-order valence-electron chi connectivity index (χ4n) is 2.35. The lowest BCUT2D eigenvalue weighted by Crippen LogP contribution is -2.26. The SMILES string of the molecule is O=C1C2=C(CC(O)C=C2)C(=O)c2ccc(O)cc21. The summed E-state index contributed by atoms with van der Waals surface area (Å²) in [5.41, 5.74) is 1.19. The van der Waals surface area contributed by atoms with Crippen LogP contribution in [0.2, 0.25) is 0 Å². The highest BCUT2D eigenvalue weighted by molar-refractivity contribution is 6.28. The van der Waals surface area contributed by atoms with Gasteiger partial charge in [-0.05, 0) is 18.2 Å². The average Bonchev–Trinajstić information content (AvgIpc) is 2.36. The van der Waals surface area contributed by atoms with Crippen LogP contribution in [0.5, 0.6) is 5.75 Å². The lowest BCUT2D eigenvalue weighted by atomic mass is 9.79. The summed E-state index contributed by atoms with van der Waals surface area (Å²) < 4.78 is 0. The van der Waals surface area contributed by atoms with Crippen LogP contribution in [0.25, 0.3) is 0 Å². The van der Waals surface area contributed by atoms with Crippen molar-refractivity contribution < 1.29 is 19.8 Å². The number of ketones is 2. The molecule has 0 fully saturated rings. The second-order valence-corrected chi connectivity index (χ2v) is 4.41. The van der Waals surface area contributed by atoms with Crippen LogP contribution in [-0.2, 0) is 0 Å². The molecule has 2 aliphatic rings. The lowest BCUT2D eigenvalue weighted by molar-refractivity contribution is 0.0964. The molecule has 0 amide bonds. The molecule has 0 saturated heterocycles. The average molecular weight is 242 g/mol. The van der Waals surface area contributed by atoms with Crippen molar-refractivity contribution in [1.82, 2.24) is 0 Å². The van der Waals surface area contributed by atoms with Gasteiger partial charge in [-0.2, -0.15) is 0 Å². The third-order valence-electron chi connectivity index (χ3n) is 3.23. The zero-order valence-corrected chi connectivity index (χ0v) is 9.38. The molecule has 4 nitrogen and oxygen atoms in total. The van der Waals surface area contributed by atoms with Gasteiger partial charge in [0, 0.05) is 28.7 Å². The Morgan fingerprint density at radius 1 is 1.11 bits per heavy atom. The van der Waals surface area contributed by atoms with Crippen molar-refractivity contribution in [2.24, 2.45) is 0 Å². The van der Waals surface area contributed by atoms with Crippen molar-refractivity contribution in [2.75, 3.05) is 0 Å². The molecule has 90 valence electrons. The molecule has 2 N–H and O–H groups in total. The number of carbonyl (C=O) groups is 2. The van der Waals surface area contributed by atoms with E-state index in [0.717, 1.165) is 0 Å². The molecule has 0 aromatic heterocycles. The van der Waals surface area contributed by atoms with Crippen molar-refractivity contribution in [3.8, 4) is 5.75 Å². The van der Waals surface area contributed by atoms with Crippen LogP contribution in [0.3, 0.4) is 0 Å². The Balaban J connectivity index is 2.21. The third kappa shape index (κ3) is 1.43. The molecule has 1 atom stereocenters. The van der Waals surface area contributed by atoms with Gasteiger partial charge in [-0.15, -0.1) is 0 Å². The van der Waals surface area contributed by atoms with E-state index in [9.17, 15) is 19.8 Å². The highest BCUT2D eigenvalue weighted by Gasteiger charge is 2.33. The number of carbonyl (C=O) groups excluding carboxylic acids is 2. The van der Waals surface area contributed by atoms with Gasteiger partial charge < -0.3 is 10.2 Å². The molecule has 0 radical (unpaired) electrons.